The average Bonchev–Trinajstić information content (AvgIpc) is 3.16. The van der Waals surface area contributed by atoms with E-state index < -0.39 is 0 Å². The molecule has 0 aliphatic rings. The van der Waals surface area contributed by atoms with E-state index in [1.165, 1.54) is 6.33 Å². The van der Waals surface area contributed by atoms with Crippen molar-refractivity contribution in [3.05, 3.63) is 59.4 Å². The Hall–Kier alpha value is -3.42. The molecule has 0 fully saturated rings. The smallest absolute Gasteiger partial charge is 0.319 e. The zero-order valence-electron chi connectivity index (χ0n) is 15.7. The van der Waals surface area contributed by atoms with Crippen molar-refractivity contribution >= 4 is 11.7 Å². The summed E-state index contributed by atoms with van der Waals surface area (Å²) >= 11 is 0. The van der Waals surface area contributed by atoms with Gasteiger partial charge in [-0.3, -0.25) is 0 Å². The molecule has 1 aromatic heterocycles. The second kappa shape index (κ2) is 7.86. The lowest BCUT2D eigenvalue weighted by atomic mass is 10.0. The van der Waals surface area contributed by atoms with E-state index in [1.807, 2.05) is 57.2 Å². The molecule has 1 heterocycles. The van der Waals surface area contributed by atoms with E-state index in [9.17, 15) is 4.79 Å². The summed E-state index contributed by atoms with van der Waals surface area (Å²) < 4.78 is 6.97. The largest absolute Gasteiger partial charge is 0.496 e. The lowest BCUT2D eigenvalue weighted by Crippen LogP contribution is -2.31. The zero-order valence-corrected chi connectivity index (χ0v) is 15.7. The van der Waals surface area contributed by atoms with Gasteiger partial charge in [0.1, 0.15) is 12.1 Å². The summed E-state index contributed by atoms with van der Waals surface area (Å²) in [5.74, 6) is 0.745. The van der Waals surface area contributed by atoms with Crippen LogP contribution in [0.15, 0.2) is 42.7 Å². The summed E-state index contributed by atoms with van der Waals surface area (Å²) in [6.45, 7) is 5.86. The third-order valence-electron chi connectivity index (χ3n) is 4.25. The van der Waals surface area contributed by atoms with Crippen molar-refractivity contribution in [1.29, 1.82) is 0 Å². The maximum Gasteiger partial charge on any atom is 0.319 e. The number of rotatable bonds is 5. The van der Waals surface area contributed by atoms with E-state index >= 15 is 0 Å². The standard InChI is InChI=1S/C19H22N6O2/c1-12-5-8-18(27-4)16(9-12)14(3)21-19(26)22-15-6-7-17(13(2)10-15)25-11-20-23-24-25/h5-11,14H,1-4H3,(H2,21,22,26)/t14-/m0/s1. The Kier molecular flexibility index (Phi) is 5.35. The van der Waals surface area contributed by atoms with Crippen LogP contribution < -0.4 is 15.4 Å². The van der Waals surface area contributed by atoms with Gasteiger partial charge in [0.2, 0.25) is 0 Å². The molecule has 140 valence electrons. The number of nitrogens with zero attached hydrogens (tertiary/aromatic N) is 4. The molecule has 0 aliphatic heterocycles. The molecule has 0 bridgehead atoms. The van der Waals surface area contributed by atoms with Gasteiger partial charge in [-0.25, -0.2) is 9.48 Å². The highest BCUT2D eigenvalue weighted by atomic mass is 16.5. The first-order valence-corrected chi connectivity index (χ1v) is 8.54. The number of carbonyl (C=O) groups excluding carboxylic acids is 1. The number of carbonyl (C=O) groups is 1. The monoisotopic (exact) mass is 366 g/mol. The van der Waals surface area contributed by atoms with Crippen LogP contribution in [-0.2, 0) is 0 Å². The summed E-state index contributed by atoms with van der Waals surface area (Å²) in [6, 6.07) is 10.9. The topological polar surface area (TPSA) is 94.0 Å². The molecule has 3 aromatic rings. The number of benzene rings is 2. The molecule has 8 heteroatoms. The van der Waals surface area contributed by atoms with Gasteiger partial charge in [-0.05, 0) is 61.0 Å². The lowest BCUT2D eigenvalue weighted by molar-refractivity contribution is 0.249. The number of amides is 2. The van der Waals surface area contributed by atoms with Crippen LogP contribution in [0.2, 0.25) is 0 Å². The number of methoxy groups -OCH3 is 1. The fourth-order valence-corrected chi connectivity index (χ4v) is 2.90. The molecule has 1 atom stereocenters. The molecule has 0 unspecified atom stereocenters. The number of aromatic nitrogens is 4. The number of nitrogens with one attached hydrogen (secondary N) is 2. The molecule has 3 rings (SSSR count). The highest BCUT2D eigenvalue weighted by Gasteiger charge is 2.15. The molecule has 2 aromatic carbocycles. The van der Waals surface area contributed by atoms with Crippen LogP contribution in [0.5, 0.6) is 5.75 Å². The Bertz CT molecular complexity index is 939. The second-order valence-electron chi connectivity index (χ2n) is 6.32. The zero-order chi connectivity index (χ0) is 19.4. The van der Waals surface area contributed by atoms with Crippen molar-refractivity contribution in [2.24, 2.45) is 0 Å². The van der Waals surface area contributed by atoms with E-state index in [1.54, 1.807) is 11.8 Å². The van der Waals surface area contributed by atoms with E-state index in [0.717, 1.165) is 28.1 Å². The number of urea groups is 1. The van der Waals surface area contributed by atoms with Gasteiger partial charge in [0.15, 0.2) is 0 Å². The van der Waals surface area contributed by atoms with Crippen LogP contribution in [0, 0.1) is 13.8 Å². The number of ether oxygens (including phenoxy) is 1. The number of hydrogen-bond acceptors (Lipinski definition) is 5. The van der Waals surface area contributed by atoms with Crippen LogP contribution in [0.3, 0.4) is 0 Å². The normalized spacial score (nSPS) is 11.7. The van der Waals surface area contributed by atoms with E-state index in [-0.39, 0.29) is 12.1 Å². The predicted molar refractivity (Wildman–Crippen MR) is 102 cm³/mol. The Balaban J connectivity index is 1.69. The van der Waals surface area contributed by atoms with Crippen molar-refractivity contribution in [3.63, 3.8) is 0 Å². The molecule has 2 amide bonds. The third-order valence-corrected chi connectivity index (χ3v) is 4.25. The van der Waals surface area contributed by atoms with Gasteiger partial charge < -0.3 is 15.4 Å². The summed E-state index contributed by atoms with van der Waals surface area (Å²) in [5, 5.41) is 16.9. The molecule has 0 spiro atoms. The molecule has 0 saturated heterocycles. The van der Waals surface area contributed by atoms with Crippen LogP contribution in [0.25, 0.3) is 5.69 Å². The van der Waals surface area contributed by atoms with Crippen molar-refractivity contribution < 1.29 is 9.53 Å². The summed E-state index contributed by atoms with van der Waals surface area (Å²) in [4.78, 5) is 12.4. The van der Waals surface area contributed by atoms with Gasteiger partial charge >= 0.3 is 6.03 Å². The van der Waals surface area contributed by atoms with Gasteiger partial charge in [0.25, 0.3) is 0 Å². The molecule has 2 N–H and O–H groups in total. The van der Waals surface area contributed by atoms with E-state index in [0.29, 0.717) is 5.69 Å². The van der Waals surface area contributed by atoms with Crippen molar-refractivity contribution in [3.8, 4) is 11.4 Å². The third kappa shape index (κ3) is 4.22. The van der Waals surface area contributed by atoms with E-state index in [4.69, 9.17) is 4.74 Å². The van der Waals surface area contributed by atoms with Crippen LogP contribution in [-0.4, -0.2) is 33.3 Å². The lowest BCUT2D eigenvalue weighted by Gasteiger charge is -2.18. The SMILES string of the molecule is COc1ccc(C)cc1[C@H](C)NC(=O)Nc1ccc(-n2cnnn2)c(C)c1. The molecular formula is C19H22N6O2. The first-order chi connectivity index (χ1) is 13.0. The molecule has 0 aliphatic carbocycles. The highest BCUT2D eigenvalue weighted by Crippen LogP contribution is 2.26. The Morgan fingerprint density at radius 2 is 2.00 bits per heavy atom. The average molecular weight is 366 g/mol. The van der Waals surface area contributed by atoms with Gasteiger partial charge in [0.05, 0.1) is 18.8 Å². The Morgan fingerprint density at radius 1 is 1.19 bits per heavy atom. The maximum atomic E-state index is 12.4. The van der Waals surface area contributed by atoms with Gasteiger partial charge in [0, 0.05) is 11.3 Å². The maximum absolute atomic E-state index is 12.4. The number of hydrogen-bond donors (Lipinski definition) is 2. The quantitative estimate of drug-likeness (QED) is 0.723. The summed E-state index contributed by atoms with van der Waals surface area (Å²) in [7, 11) is 1.62. The summed E-state index contributed by atoms with van der Waals surface area (Å²) in [6.07, 6.45) is 1.53. The number of tetrazole rings is 1. The van der Waals surface area contributed by atoms with Gasteiger partial charge in [-0.15, -0.1) is 5.10 Å². The first kappa shape index (κ1) is 18.4. The molecule has 27 heavy (non-hydrogen) atoms. The van der Waals surface area contributed by atoms with Gasteiger partial charge in [-0.2, -0.15) is 0 Å². The highest BCUT2D eigenvalue weighted by molar-refractivity contribution is 5.89. The van der Waals surface area contributed by atoms with Crippen LogP contribution >= 0.6 is 0 Å². The summed E-state index contributed by atoms with van der Waals surface area (Å²) in [5.41, 5.74) is 4.51. The minimum Gasteiger partial charge on any atom is -0.496 e. The Morgan fingerprint density at radius 3 is 2.67 bits per heavy atom. The molecular weight excluding hydrogens is 344 g/mol. The second-order valence-corrected chi connectivity index (χ2v) is 6.32. The molecule has 0 radical (unpaired) electrons. The van der Waals surface area contributed by atoms with Crippen LogP contribution in [0.1, 0.15) is 29.7 Å². The van der Waals surface area contributed by atoms with Crippen LogP contribution in [0.4, 0.5) is 10.5 Å². The Labute approximate surface area is 157 Å². The van der Waals surface area contributed by atoms with Gasteiger partial charge in [-0.1, -0.05) is 17.7 Å². The molecule has 8 nitrogen and oxygen atoms in total. The minimum atomic E-state index is -0.291. The number of anilines is 1. The van der Waals surface area contributed by atoms with Crippen molar-refractivity contribution in [2.75, 3.05) is 12.4 Å². The fourth-order valence-electron chi connectivity index (χ4n) is 2.90. The van der Waals surface area contributed by atoms with Crippen molar-refractivity contribution in [2.45, 2.75) is 26.8 Å². The molecule has 0 saturated carbocycles. The van der Waals surface area contributed by atoms with E-state index in [2.05, 4.69) is 26.2 Å². The fraction of sp³-hybridized carbons (Fsp3) is 0.263. The van der Waals surface area contributed by atoms with Crippen molar-refractivity contribution in [1.82, 2.24) is 25.5 Å². The first-order valence-electron chi connectivity index (χ1n) is 8.54. The predicted octanol–water partition coefficient (Wildman–Crippen LogP) is 3.17. The minimum absolute atomic E-state index is 0.207. The number of aryl methyl sites for hydroxylation is 2.